The topological polar surface area (TPSA) is 57.0 Å². The molecule has 0 unspecified atom stereocenters. The Morgan fingerprint density at radius 2 is 2.20 bits per heavy atom. The molecule has 20 heavy (non-hydrogen) atoms. The Hall–Kier alpha value is -2.74. The molecule has 1 heterocycles. The molecular weight excluding hydrogens is 257 g/mol. The Morgan fingerprint density at radius 1 is 1.40 bits per heavy atom. The predicted molar refractivity (Wildman–Crippen MR) is 71.1 cm³/mol. The molecule has 0 radical (unpaired) electrons. The second kappa shape index (κ2) is 5.93. The summed E-state index contributed by atoms with van der Waals surface area (Å²) in [6, 6.07) is 10.2. The second-order valence-corrected chi connectivity index (χ2v) is 4.37. The molecule has 0 aliphatic rings. The fourth-order valence-electron chi connectivity index (χ4n) is 1.83. The molecule has 0 aliphatic heterocycles. The molecule has 0 atom stereocenters. The summed E-state index contributed by atoms with van der Waals surface area (Å²) in [6.45, 7) is 0.338. The van der Waals surface area contributed by atoms with Gasteiger partial charge >= 0.3 is 0 Å². The molecule has 5 heteroatoms. The SMILES string of the molecule is CN(Cc1cccc(C#N)c1)C(=O)c1cncc(F)c1. The standard InChI is InChI=1S/C15H12FN3O/c1-19(10-12-4-2-3-11(5-12)7-17)15(20)13-6-14(16)9-18-8-13/h2-6,8-9H,10H2,1H3. The number of amides is 1. The Morgan fingerprint density at radius 3 is 2.90 bits per heavy atom. The van der Waals surface area contributed by atoms with Crippen LogP contribution in [-0.4, -0.2) is 22.8 Å². The van der Waals surface area contributed by atoms with Crippen molar-refractivity contribution in [2.75, 3.05) is 7.05 Å². The molecule has 0 bridgehead atoms. The first-order valence-electron chi connectivity index (χ1n) is 5.95. The molecule has 0 aliphatic carbocycles. The lowest BCUT2D eigenvalue weighted by atomic mass is 10.1. The third-order valence-corrected chi connectivity index (χ3v) is 2.77. The first kappa shape index (κ1) is 13.7. The summed E-state index contributed by atoms with van der Waals surface area (Å²) in [7, 11) is 1.62. The van der Waals surface area contributed by atoms with Crippen molar-refractivity contribution in [3.05, 3.63) is 65.2 Å². The largest absolute Gasteiger partial charge is 0.337 e. The monoisotopic (exact) mass is 269 g/mol. The number of halogens is 1. The number of carbonyl (C=O) groups excluding carboxylic acids is 1. The van der Waals surface area contributed by atoms with Crippen LogP contribution in [0.5, 0.6) is 0 Å². The van der Waals surface area contributed by atoms with E-state index in [0.29, 0.717) is 12.1 Å². The van der Waals surface area contributed by atoms with Crippen molar-refractivity contribution in [1.82, 2.24) is 9.88 Å². The number of nitrogens with zero attached hydrogens (tertiary/aromatic N) is 3. The normalized spacial score (nSPS) is 9.85. The molecule has 1 amide bonds. The lowest BCUT2D eigenvalue weighted by Crippen LogP contribution is -2.26. The van der Waals surface area contributed by atoms with Crippen LogP contribution in [0.2, 0.25) is 0 Å². The summed E-state index contributed by atoms with van der Waals surface area (Å²) >= 11 is 0. The van der Waals surface area contributed by atoms with Crippen LogP contribution in [0, 0.1) is 17.1 Å². The molecule has 100 valence electrons. The lowest BCUT2D eigenvalue weighted by Gasteiger charge is -2.17. The first-order valence-corrected chi connectivity index (χ1v) is 5.95. The van der Waals surface area contributed by atoms with E-state index in [-0.39, 0.29) is 11.5 Å². The number of benzene rings is 1. The minimum absolute atomic E-state index is 0.198. The molecule has 2 aromatic rings. The van der Waals surface area contributed by atoms with Gasteiger partial charge in [-0.1, -0.05) is 12.1 Å². The van der Waals surface area contributed by atoms with E-state index >= 15 is 0 Å². The number of aromatic nitrogens is 1. The molecule has 1 aromatic carbocycles. The average Bonchev–Trinajstić information content (AvgIpc) is 2.46. The highest BCUT2D eigenvalue weighted by atomic mass is 19.1. The fraction of sp³-hybridized carbons (Fsp3) is 0.133. The van der Waals surface area contributed by atoms with Gasteiger partial charge in [0.2, 0.25) is 0 Å². The van der Waals surface area contributed by atoms with Crippen LogP contribution in [0.1, 0.15) is 21.5 Å². The van der Waals surface area contributed by atoms with E-state index in [9.17, 15) is 9.18 Å². The Kier molecular flexibility index (Phi) is 4.06. The highest BCUT2D eigenvalue weighted by Gasteiger charge is 2.13. The maximum atomic E-state index is 13.0. The van der Waals surface area contributed by atoms with Crippen LogP contribution in [0.3, 0.4) is 0 Å². The Labute approximate surface area is 116 Å². The molecule has 0 N–H and O–H groups in total. The van der Waals surface area contributed by atoms with Crippen molar-refractivity contribution in [1.29, 1.82) is 5.26 Å². The number of rotatable bonds is 3. The molecule has 4 nitrogen and oxygen atoms in total. The minimum Gasteiger partial charge on any atom is -0.337 e. The van der Waals surface area contributed by atoms with Gasteiger partial charge in [0.05, 0.1) is 23.4 Å². The van der Waals surface area contributed by atoms with Gasteiger partial charge in [-0.25, -0.2) is 4.39 Å². The number of hydrogen-bond donors (Lipinski definition) is 0. The van der Waals surface area contributed by atoms with Crippen LogP contribution in [0.4, 0.5) is 4.39 Å². The Bertz CT molecular complexity index is 679. The zero-order valence-electron chi connectivity index (χ0n) is 10.9. The van der Waals surface area contributed by atoms with Crippen molar-refractivity contribution < 1.29 is 9.18 Å². The number of hydrogen-bond acceptors (Lipinski definition) is 3. The average molecular weight is 269 g/mol. The Balaban J connectivity index is 2.13. The van der Waals surface area contributed by atoms with Crippen LogP contribution in [-0.2, 0) is 6.54 Å². The van der Waals surface area contributed by atoms with Gasteiger partial charge < -0.3 is 4.90 Å². The van der Waals surface area contributed by atoms with Gasteiger partial charge in [0.25, 0.3) is 5.91 Å². The van der Waals surface area contributed by atoms with Crippen LogP contribution in [0.25, 0.3) is 0 Å². The van der Waals surface area contributed by atoms with Gasteiger partial charge in [-0.15, -0.1) is 0 Å². The van der Waals surface area contributed by atoms with E-state index in [1.165, 1.54) is 11.1 Å². The van der Waals surface area contributed by atoms with Gasteiger partial charge in [-0.05, 0) is 23.8 Å². The van der Waals surface area contributed by atoms with Gasteiger partial charge in [0.15, 0.2) is 0 Å². The quantitative estimate of drug-likeness (QED) is 0.859. The molecule has 0 saturated carbocycles. The summed E-state index contributed by atoms with van der Waals surface area (Å²) in [6.07, 6.45) is 2.38. The van der Waals surface area contributed by atoms with Crippen molar-refractivity contribution in [3.63, 3.8) is 0 Å². The van der Waals surface area contributed by atoms with Crippen molar-refractivity contribution in [3.8, 4) is 6.07 Å². The fourth-order valence-corrected chi connectivity index (χ4v) is 1.83. The molecule has 0 saturated heterocycles. The van der Waals surface area contributed by atoms with Crippen LogP contribution in [0.15, 0.2) is 42.7 Å². The number of pyridine rings is 1. The van der Waals surface area contributed by atoms with Gasteiger partial charge in [-0.3, -0.25) is 9.78 Å². The van der Waals surface area contributed by atoms with Crippen LogP contribution >= 0.6 is 0 Å². The van der Waals surface area contributed by atoms with Crippen LogP contribution < -0.4 is 0 Å². The smallest absolute Gasteiger partial charge is 0.255 e. The van der Waals surface area contributed by atoms with E-state index < -0.39 is 5.82 Å². The summed E-state index contributed by atoms with van der Waals surface area (Å²) in [4.78, 5) is 17.2. The molecule has 1 aromatic heterocycles. The summed E-state index contributed by atoms with van der Waals surface area (Å²) < 4.78 is 13.0. The maximum absolute atomic E-state index is 13.0. The zero-order chi connectivity index (χ0) is 14.5. The van der Waals surface area contributed by atoms with Crippen molar-refractivity contribution >= 4 is 5.91 Å². The first-order chi connectivity index (χ1) is 9.60. The third-order valence-electron chi connectivity index (χ3n) is 2.77. The third kappa shape index (κ3) is 3.18. The van der Waals surface area contributed by atoms with Gasteiger partial charge in [0, 0.05) is 19.8 Å². The number of carbonyl (C=O) groups is 1. The van der Waals surface area contributed by atoms with E-state index in [0.717, 1.165) is 17.8 Å². The molecular formula is C15H12FN3O. The molecule has 0 spiro atoms. The second-order valence-electron chi connectivity index (χ2n) is 4.37. The summed E-state index contributed by atoms with van der Waals surface area (Å²) in [5, 5.41) is 8.83. The zero-order valence-corrected chi connectivity index (χ0v) is 10.9. The van der Waals surface area contributed by atoms with Crippen molar-refractivity contribution in [2.24, 2.45) is 0 Å². The summed E-state index contributed by atoms with van der Waals surface area (Å²) in [5.41, 5.74) is 1.57. The predicted octanol–water partition coefficient (Wildman–Crippen LogP) is 2.36. The highest BCUT2D eigenvalue weighted by molar-refractivity contribution is 5.93. The van der Waals surface area contributed by atoms with E-state index in [1.54, 1.807) is 25.2 Å². The van der Waals surface area contributed by atoms with Gasteiger partial charge in [-0.2, -0.15) is 5.26 Å². The van der Waals surface area contributed by atoms with E-state index in [1.807, 2.05) is 12.1 Å². The maximum Gasteiger partial charge on any atom is 0.255 e. The van der Waals surface area contributed by atoms with Crippen molar-refractivity contribution in [2.45, 2.75) is 6.54 Å². The molecule has 0 fully saturated rings. The lowest BCUT2D eigenvalue weighted by molar-refractivity contribution is 0.0784. The highest BCUT2D eigenvalue weighted by Crippen LogP contribution is 2.10. The molecule has 2 rings (SSSR count). The van der Waals surface area contributed by atoms with Gasteiger partial charge in [0.1, 0.15) is 5.82 Å². The number of nitriles is 1. The minimum atomic E-state index is -0.546. The summed E-state index contributed by atoms with van der Waals surface area (Å²) in [5.74, 6) is -0.866. The van der Waals surface area contributed by atoms with E-state index in [2.05, 4.69) is 4.98 Å². The van der Waals surface area contributed by atoms with E-state index in [4.69, 9.17) is 5.26 Å².